The molecule has 1 atom stereocenters. The van der Waals surface area contributed by atoms with Crippen LogP contribution < -0.4 is 14.8 Å². The van der Waals surface area contributed by atoms with Gasteiger partial charge >= 0.3 is 0 Å². The van der Waals surface area contributed by atoms with Gasteiger partial charge in [0, 0.05) is 6.54 Å². The Bertz CT molecular complexity index is 400. The molecule has 0 aliphatic heterocycles. The van der Waals surface area contributed by atoms with E-state index in [0.29, 0.717) is 11.5 Å². The minimum atomic E-state index is -0.905. The Kier molecular flexibility index (Phi) is 7.15. The van der Waals surface area contributed by atoms with Crippen LogP contribution in [-0.4, -0.2) is 43.2 Å². The van der Waals surface area contributed by atoms with E-state index in [2.05, 4.69) is 21.2 Å². The van der Waals surface area contributed by atoms with E-state index in [-0.39, 0.29) is 13.2 Å². The lowest BCUT2D eigenvalue weighted by Gasteiger charge is -2.16. The van der Waals surface area contributed by atoms with Crippen molar-refractivity contribution in [2.45, 2.75) is 19.6 Å². The first-order valence-corrected chi connectivity index (χ1v) is 6.90. The van der Waals surface area contributed by atoms with Gasteiger partial charge in [0.2, 0.25) is 0 Å². The molecule has 1 rings (SSSR count). The minimum Gasteiger partial charge on any atom is -0.493 e. The highest BCUT2D eigenvalue weighted by Gasteiger charge is 2.13. The van der Waals surface area contributed by atoms with Gasteiger partial charge in [-0.25, -0.2) is 0 Å². The molecule has 0 aromatic heterocycles. The van der Waals surface area contributed by atoms with Crippen LogP contribution in [0.3, 0.4) is 0 Å². The van der Waals surface area contributed by atoms with Crippen LogP contribution in [0.4, 0.5) is 0 Å². The summed E-state index contributed by atoms with van der Waals surface area (Å²) in [4.78, 5) is 0. The molecule has 0 radical (unpaired) electrons. The molecule has 19 heavy (non-hydrogen) atoms. The zero-order valence-corrected chi connectivity index (χ0v) is 12.7. The van der Waals surface area contributed by atoms with Gasteiger partial charge in [-0.15, -0.1) is 0 Å². The van der Waals surface area contributed by atoms with Crippen LogP contribution in [0.2, 0.25) is 0 Å². The molecule has 5 nitrogen and oxygen atoms in total. The molecule has 0 heterocycles. The largest absolute Gasteiger partial charge is 0.493 e. The first-order valence-electron chi connectivity index (χ1n) is 6.11. The molecule has 1 aromatic carbocycles. The van der Waals surface area contributed by atoms with Crippen molar-refractivity contribution in [2.24, 2.45) is 0 Å². The molecule has 0 fully saturated rings. The van der Waals surface area contributed by atoms with Crippen LogP contribution in [0.25, 0.3) is 0 Å². The average molecular weight is 334 g/mol. The number of aliphatic hydroxyl groups is 2. The maximum atomic E-state index is 9.30. The van der Waals surface area contributed by atoms with Crippen molar-refractivity contribution < 1.29 is 19.7 Å². The fourth-order valence-corrected chi connectivity index (χ4v) is 2.12. The molecule has 6 heteroatoms. The number of nitrogens with one attached hydrogen (secondary N) is 1. The van der Waals surface area contributed by atoms with Gasteiger partial charge in [0.05, 0.1) is 18.2 Å². The average Bonchev–Trinajstić information content (AvgIpc) is 2.42. The molecule has 3 N–H and O–H groups in total. The summed E-state index contributed by atoms with van der Waals surface area (Å²) >= 11 is 3.43. The molecule has 0 saturated heterocycles. The predicted octanol–water partition coefficient (Wildman–Crippen LogP) is 1.30. The normalized spacial score (nSPS) is 12.3. The highest BCUT2D eigenvalue weighted by atomic mass is 79.9. The molecule has 0 spiro atoms. The Morgan fingerprint density at radius 3 is 2.74 bits per heavy atom. The van der Waals surface area contributed by atoms with Crippen molar-refractivity contribution in [2.75, 3.05) is 26.9 Å². The van der Waals surface area contributed by atoms with Gasteiger partial charge in [-0.1, -0.05) is 6.92 Å². The summed E-state index contributed by atoms with van der Waals surface area (Å²) in [5.74, 6) is 1.11. The number of hydrogen-bond acceptors (Lipinski definition) is 5. The lowest BCUT2D eigenvalue weighted by Crippen LogP contribution is -2.21. The number of benzene rings is 1. The molecule has 0 aliphatic rings. The van der Waals surface area contributed by atoms with Gasteiger partial charge in [0.15, 0.2) is 11.5 Å². The first-order chi connectivity index (χ1) is 9.12. The number of aliphatic hydroxyl groups excluding tert-OH is 2. The molecule has 0 aliphatic carbocycles. The van der Waals surface area contributed by atoms with Crippen LogP contribution >= 0.6 is 15.9 Å². The van der Waals surface area contributed by atoms with Gasteiger partial charge in [0.25, 0.3) is 0 Å². The molecular formula is C13H20BrNO4. The lowest BCUT2D eigenvalue weighted by molar-refractivity contribution is 0.0524. The summed E-state index contributed by atoms with van der Waals surface area (Å²) in [6.45, 7) is 3.35. The Hall–Kier alpha value is -0.820. The number of hydrogen-bond donors (Lipinski definition) is 3. The third-order valence-corrected chi connectivity index (χ3v) is 3.09. The minimum absolute atomic E-state index is 0.0119. The highest BCUT2D eigenvalue weighted by molar-refractivity contribution is 9.10. The van der Waals surface area contributed by atoms with Gasteiger partial charge in [-0.3, -0.25) is 0 Å². The van der Waals surface area contributed by atoms with Gasteiger partial charge < -0.3 is 25.0 Å². The highest BCUT2D eigenvalue weighted by Crippen LogP contribution is 2.36. The van der Waals surface area contributed by atoms with Gasteiger partial charge in [-0.05, 0) is 40.2 Å². The maximum Gasteiger partial charge on any atom is 0.175 e. The quantitative estimate of drug-likeness (QED) is 0.669. The van der Waals surface area contributed by atoms with E-state index in [9.17, 15) is 5.11 Å². The monoisotopic (exact) mass is 333 g/mol. The second-order valence-corrected chi connectivity index (χ2v) is 4.89. The van der Waals surface area contributed by atoms with Crippen LogP contribution in [0.15, 0.2) is 16.6 Å². The Morgan fingerprint density at radius 2 is 2.16 bits per heavy atom. The first kappa shape index (κ1) is 16.2. The predicted molar refractivity (Wildman–Crippen MR) is 76.7 cm³/mol. The molecule has 0 amide bonds. The van der Waals surface area contributed by atoms with E-state index in [1.165, 1.54) is 0 Å². The van der Waals surface area contributed by atoms with Gasteiger partial charge in [-0.2, -0.15) is 0 Å². The second-order valence-electron chi connectivity index (χ2n) is 4.04. The van der Waals surface area contributed by atoms with Gasteiger partial charge in [0.1, 0.15) is 12.7 Å². The maximum absolute atomic E-state index is 9.30. The van der Waals surface area contributed by atoms with Crippen LogP contribution in [-0.2, 0) is 6.54 Å². The van der Waals surface area contributed by atoms with Crippen molar-refractivity contribution in [3.8, 4) is 11.5 Å². The summed E-state index contributed by atoms with van der Waals surface area (Å²) in [7, 11) is 1.56. The van der Waals surface area contributed by atoms with E-state index >= 15 is 0 Å². The third-order valence-electron chi connectivity index (χ3n) is 2.50. The Balaban J connectivity index is 2.85. The second kappa shape index (κ2) is 8.37. The topological polar surface area (TPSA) is 71.0 Å². The summed E-state index contributed by atoms with van der Waals surface area (Å²) in [6, 6.07) is 3.82. The van der Waals surface area contributed by atoms with Crippen LogP contribution in [0.1, 0.15) is 12.5 Å². The van der Waals surface area contributed by atoms with E-state index < -0.39 is 6.10 Å². The standard InChI is InChI=1S/C13H20BrNO4/c1-3-15-6-9-4-11(14)13(12(5-9)18-2)19-8-10(17)7-16/h4-5,10,15-17H,3,6-8H2,1-2H3. The molecule has 108 valence electrons. The number of ether oxygens (including phenoxy) is 2. The molecule has 1 unspecified atom stereocenters. The summed E-state index contributed by atoms with van der Waals surface area (Å²) in [6.07, 6.45) is -0.905. The smallest absolute Gasteiger partial charge is 0.175 e. The summed E-state index contributed by atoms with van der Waals surface area (Å²) < 4.78 is 11.5. The van der Waals surface area contributed by atoms with Crippen molar-refractivity contribution >= 4 is 15.9 Å². The Morgan fingerprint density at radius 1 is 1.42 bits per heavy atom. The zero-order valence-electron chi connectivity index (χ0n) is 11.1. The number of rotatable bonds is 8. The molecular weight excluding hydrogens is 314 g/mol. The van der Waals surface area contributed by atoms with Crippen molar-refractivity contribution in [1.82, 2.24) is 5.32 Å². The lowest BCUT2D eigenvalue weighted by atomic mass is 10.2. The summed E-state index contributed by atoms with van der Waals surface area (Å²) in [5.41, 5.74) is 1.07. The van der Waals surface area contributed by atoms with Crippen molar-refractivity contribution in [1.29, 1.82) is 0 Å². The van der Waals surface area contributed by atoms with E-state index in [4.69, 9.17) is 14.6 Å². The van der Waals surface area contributed by atoms with E-state index in [0.717, 1.165) is 23.1 Å². The number of methoxy groups -OCH3 is 1. The van der Waals surface area contributed by atoms with Crippen LogP contribution in [0, 0.1) is 0 Å². The van der Waals surface area contributed by atoms with Crippen LogP contribution in [0.5, 0.6) is 11.5 Å². The number of halogens is 1. The fourth-order valence-electron chi connectivity index (χ4n) is 1.52. The van der Waals surface area contributed by atoms with Crippen molar-refractivity contribution in [3.63, 3.8) is 0 Å². The Labute approximate surface area is 121 Å². The SMILES string of the molecule is CCNCc1cc(Br)c(OCC(O)CO)c(OC)c1. The van der Waals surface area contributed by atoms with Crippen molar-refractivity contribution in [3.05, 3.63) is 22.2 Å². The van der Waals surface area contributed by atoms with E-state index in [1.807, 2.05) is 19.1 Å². The summed E-state index contributed by atoms with van der Waals surface area (Å²) in [5, 5.41) is 21.3. The van der Waals surface area contributed by atoms with E-state index in [1.54, 1.807) is 7.11 Å². The molecule has 0 saturated carbocycles. The third kappa shape index (κ3) is 4.99. The molecule has 0 bridgehead atoms. The molecule has 1 aromatic rings. The fraction of sp³-hybridized carbons (Fsp3) is 0.538. The zero-order chi connectivity index (χ0) is 14.3.